The second-order valence-electron chi connectivity index (χ2n) is 11.0. The topological polar surface area (TPSA) is 108 Å². The van der Waals surface area contributed by atoms with E-state index < -0.39 is 22.4 Å². The molecule has 5 rings (SSSR count). The normalized spacial score (nSPS) is 25.9. The van der Waals surface area contributed by atoms with E-state index in [1.54, 1.807) is 13.1 Å². The molecule has 35 heavy (non-hydrogen) atoms. The first-order valence-electron chi connectivity index (χ1n) is 12.1. The van der Waals surface area contributed by atoms with Crippen molar-refractivity contribution in [1.29, 1.82) is 0 Å². The zero-order valence-corrected chi connectivity index (χ0v) is 21.4. The third kappa shape index (κ3) is 4.45. The molecule has 0 spiro atoms. The number of aromatic nitrogens is 3. The highest BCUT2D eigenvalue weighted by molar-refractivity contribution is 7.15. The molecule has 0 radical (unpaired) electrons. The van der Waals surface area contributed by atoms with E-state index in [9.17, 15) is 15.0 Å². The van der Waals surface area contributed by atoms with Crippen LogP contribution in [0.15, 0.2) is 36.7 Å². The van der Waals surface area contributed by atoms with Crippen LogP contribution in [0.4, 0.5) is 11.6 Å². The van der Waals surface area contributed by atoms with E-state index in [2.05, 4.69) is 38.5 Å². The zero-order chi connectivity index (χ0) is 25.0. The summed E-state index contributed by atoms with van der Waals surface area (Å²) in [6, 6.07) is 8.32. The summed E-state index contributed by atoms with van der Waals surface area (Å²) in [6.07, 6.45) is 7.09. The standard InChI is InChI=1S/C27H32N4O3S/c1-16-7-10-28-24(30-16)31-20-12-18(17-5-6-17)11-19(13-20)21-14-29-22(35-21)27(34)9-8-26(4,23(32)33)25(2,3)15-27/h7,10-14,17,34H,5-6,8-9,15H2,1-4H3,(H,32,33)(H,28,30,31)/t26-,27-/m1/s1. The molecule has 8 heteroatoms. The number of nitrogens with zero attached hydrogens (tertiary/aromatic N) is 3. The van der Waals surface area contributed by atoms with E-state index in [1.165, 1.54) is 29.7 Å². The monoisotopic (exact) mass is 492 g/mol. The van der Waals surface area contributed by atoms with Gasteiger partial charge in [0.15, 0.2) is 0 Å². The molecule has 2 aliphatic carbocycles. The number of benzene rings is 1. The lowest BCUT2D eigenvalue weighted by Gasteiger charge is -2.50. The lowest BCUT2D eigenvalue weighted by Crippen LogP contribution is -2.51. The number of anilines is 2. The van der Waals surface area contributed by atoms with Crippen LogP contribution in [-0.4, -0.2) is 31.1 Å². The summed E-state index contributed by atoms with van der Waals surface area (Å²) in [5.74, 6) is 0.325. The minimum Gasteiger partial charge on any atom is -0.481 e. The van der Waals surface area contributed by atoms with Gasteiger partial charge in [0.2, 0.25) is 5.95 Å². The van der Waals surface area contributed by atoms with Gasteiger partial charge in [0, 0.05) is 23.8 Å². The van der Waals surface area contributed by atoms with Gasteiger partial charge in [-0.2, -0.15) is 0 Å². The van der Waals surface area contributed by atoms with E-state index in [0.29, 0.717) is 36.1 Å². The molecule has 0 unspecified atom stereocenters. The van der Waals surface area contributed by atoms with Gasteiger partial charge in [-0.3, -0.25) is 4.79 Å². The van der Waals surface area contributed by atoms with Crippen LogP contribution in [0.5, 0.6) is 0 Å². The predicted octanol–water partition coefficient (Wildman–Crippen LogP) is 6.02. The molecule has 2 aromatic heterocycles. The number of aryl methyl sites for hydroxylation is 1. The largest absolute Gasteiger partial charge is 0.481 e. The van der Waals surface area contributed by atoms with Crippen LogP contribution in [-0.2, 0) is 10.4 Å². The first-order chi connectivity index (χ1) is 16.5. The number of nitrogens with one attached hydrogen (secondary N) is 1. The van der Waals surface area contributed by atoms with Crippen LogP contribution >= 0.6 is 11.3 Å². The van der Waals surface area contributed by atoms with Gasteiger partial charge in [0.1, 0.15) is 10.6 Å². The van der Waals surface area contributed by atoms with Crippen molar-refractivity contribution in [1.82, 2.24) is 15.0 Å². The van der Waals surface area contributed by atoms with Crippen LogP contribution in [0, 0.1) is 17.8 Å². The number of carboxylic acids is 1. The average molecular weight is 493 g/mol. The second-order valence-corrected chi connectivity index (χ2v) is 12.1. The van der Waals surface area contributed by atoms with Crippen molar-refractivity contribution in [3.05, 3.63) is 52.9 Å². The van der Waals surface area contributed by atoms with Crippen LogP contribution < -0.4 is 5.32 Å². The molecular weight excluding hydrogens is 460 g/mol. The molecule has 2 heterocycles. The second kappa shape index (κ2) is 8.38. The number of hydrogen-bond acceptors (Lipinski definition) is 7. The van der Waals surface area contributed by atoms with Gasteiger partial charge in [0.25, 0.3) is 0 Å². The van der Waals surface area contributed by atoms with Crippen LogP contribution in [0.2, 0.25) is 0 Å². The maximum Gasteiger partial charge on any atom is 0.309 e. The van der Waals surface area contributed by atoms with Gasteiger partial charge in [0.05, 0.1) is 10.3 Å². The quantitative estimate of drug-likeness (QED) is 0.386. The fraction of sp³-hybridized carbons (Fsp3) is 0.481. The maximum atomic E-state index is 12.0. The molecule has 2 aliphatic rings. The molecule has 3 N–H and O–H groups in total. The molecule has 0 bridgehead atoms. The maximum absolute atomic E-state index is 12.0. The summed E-state index contributed by atoms with van der Waals surface area (Å²) in [5, 5.41) is 25.4. The number of aliphatic hydroxyl groups is 1. The zero-order valence-electron chi connectivity index (χ0n) is 20.6. The van der Waals surface area contributed by atoms with Gasteiger partial charge < -0.3 is 15.5 Å². The molecule has 2 atom stereocenters. The first kappa shape index (κ1) is 23.9. The van der Waals surface area contributed by atoms with Crippen molar-refractivity contribution in [3.8, 4) is 10.4 Å². The summed E-state index contributed by atoms with van der Waals surface area (Å²) in [6.45, 7) is 7.60. The summed E-state index contributed by atoms with van der Waals surface area (Å²) >= 11 is 1.49. The Bertz CT molecular complexity index is 1280. The van der Waals surface area contributed by atoms with Crippen molar-refractivity contribution in [2.45, 2.75) is 71.3 Å². The van der Waals surface area contributed by atoms with E-state index in [4.69, 9.17) is 0 Å². The lowest BCUT2D eigenvalue weighted by molar-refractivity contribution is -0.170. The minimum atomic E-state index is -1.13. The van der Waals surface area contributed by atoms with Crippen molar-refractivity contribution in [3.63, 3.8) is 0 Å². The van der Waals surface area contributed by atoms with Crippen LogP contribution in [0.1, 0.15) is 75.1 Å². The number of rotatable bonds is 6. The van der Waals surface area contributed by atoms with Crippen molar-refractivity contribution >= 4 is 28.9 Å². The molecule has 0 amide bonds. The Balaban J connectivity index is 1.45. The van der Waals surface area contributed by atoms with Gasteiger partial charge in [-0.1, -0.05) is 13.8 Å². The molecule has 0 aliphatic heterocycles. The Morgan fingerprint density at radius 3 is 2.57 bits per heavy atom. The Kier molecular flexibility index (Phi) is 5.72. The van der Waals surface area contributed by atoms with E-state index in [1.807, 2.05) is 33.0 Å². The molecule has 184 valence electrons. The fourth-order valence-corrected chi connectivity index (χ4v) is 6.19. The van der Waals surface area contributed by atoms with Gasteiger partial charge in [-0.15, -0.1) is 11.3 Å². The minimum absolute atomic E-state index is 0.357. The van der Waals surface area contributed by atoms with E-state index in [-0.39, 0.29) is 0 Å². The van der Waals surface area contributed by atoms with Gasteiger partial charge >= 0.3 is 5.97 Å². The molecule has 2 saturated carbocycles. The molecule has 0 saturated heterocycles. The number of carbonyl (C=O) groups is 1. The van der Waals surface area contributed by atoms with E-state index in [0.717, 1.165) is 21.8 Å². The van der Waals surface area contributed by atoms with Gasteiger partial charge in [-0.25, -0.2) is 15.0 Å². The average Bonchev–Trinajstić information content (AvgIpc) is 3.51. The summed E-state index contributed by atoms with van der Waals surface area (Å²) in [4.78, 5) is 26.4. The summed E-state index contributed by atoms with van der Waals surface area (Å²) in [7, 11) is 0. The molecule has 2 fully saturated rings. The van der Waals surface area contributed by atoms with Crippen molar-refractivity contribution in [2.75, 3.05) is 5.32 Å². The highest BCUT2D eigenvalue weighted by atomic mass is 32.1. The SMILES string of the molecule is Cc1ccnc(Nc2cc(-c3cnc([C@@]4(O)CC[C@](C)(C(=O)O)C(C)(C)C4)s3)cc(C3CC3)c2)n1. The number of thiazole rings is 1. The lowest BCUT2D eigenvalue weighted by atomic mass is 9.55. The number of carboxylic acid groups (broad SMARTS) is 1. The summed E-state index contributed by atoms with van der Waals surface area (Å²) in [5.41, 5.74) is 1.57. The Labute approximate surface area is 209 Å². The first-order valence-corrected chi connectivity index (χ1v) is 12.9. The van der Waals surface area contributed by atoms with Crippen molar-refractivity contribution < 1.29 is 15.0 Å². The Morgan fingerprint density at radius 2 is 1.91 bits per heavy atom. The van der Waals surface area contributed by atoms with Crippen LogP contribution in [0.25, 0.3) is 10.4 Å². The number of aliphatic carboxylic acids is 1. The molecule has 1 aromatic carbocycles. The van der Waals surface area contributed by atoms with Crippen LogP contribution in [0.3, 0.4) is 0 Å². The predicted molar refractivity (Wildman–Crippen MR) is 137 cm³/mol. The molecular formula is C27H32N4O3S. The fourth-order valence-electron chi connectivity index (χ4n) is 5.17. The molecule has 7 nitrogen and oxygen atoms in total. The van der Waals surface area contributed by atoms with Gasteiger partial charge in [-0.05, 0) is 92.7 Å². The smallest absolute Gasteiger partial charge is 0.309 e. The third-order valence-electron chi connectivity index (χ3n) is 7.98. The molecule has 3 aromatic rings. The Morgan fingerprint density at radius 1 is 1.14 bits per heavy atom. The van der Waals surface area contributed by atoms with E-state index >= 15 is 0 Å². The number of hydrogen-bond donors (Lipinski definition) is 3. The highest BCUT2D eigenvalue weighted by Crippen LogP contribution is 2.57. The Hall–Kier alpha value is -2.84. The highest BCUT2D eigenvalue weighted by Gasteiger charge is 2.56. The van der Waals surface area contributed by atoms with Crippen molar-refractivity contribution in [2.24, 2.45) is 10.8 Å². The summed E-state index contributed by atoms with van der Waals surface area (Å²) < 4.78 is 0. The third-order valence-corrected chi connectivity index (χ3v) is 9.22.